The van der Waals surface area contributed by atoms with Crippen molar-refractivity contribution in [3.05, 3.63) is 52.9 Å². The number of benzene rings is 1. The smallest absolute Gasteiger partial charge is 0.274 e. The molecule has 0 aliphatic carbocycles. The van der Waals surface area contributed by atoms with Crippen LogP contribution in [0.25, 0.3) is 0 Å². The van der Waals surface area contributed by atoms with E-state index >= 15 is 0 Å². The van der Waals surface area contributed by atoms with Gasteiger partial charge in [0, 0.05) is 26.7 Å². The van der Waals surface area contributed by atoms with E-state index in [1.54, 1.807) is 13.8 Å². The number of ketones is 2. The quantitative estimate of drug-likeness (QED) is 0.326. The number of Topliss-reactive ketones (excluding diaryl/α,β-unsaturated/α-hetero) is 2. The van der Waals surface area contributed by atoms with Gasteiger partial charge in [-0.2, -0.15) is 0 Å². The molecule has 2 N–H and O–H groups in total. The van der Waals surface area contributed by atoms with Gasteiger partial charge in [-0.05, 0) is 32.8 Å². The van der Waals surface area contributed by atoms with E-state index in [4.69, 9.17) is 18.7 Å². The summed E-state index contributed by atoms with van der Waals surface area (Å²) in [5.41, 5.74) is 1.04. The van der Waals surface area contributed by atoms with Crippen molar-refractivity contribution in [1.29, 1.82) is 0 Å². The highest BCUT2D eigenvalue weighted by atomic mass is 16.6. The fourth-order valence-electron chi connectivity index (χ4n) is 3.98. The molecular formula is C27H35N3O8. The number of rotatable bonds is 15. The Hall–Kier alpha value is -3.41. The topological polar surface area (TPSA) is 149 Å². The molecule has 1 aromatic carbocycles. The number of amides is 2. The Morgan fingerprint density at radius 3 is 2.24 bits per heavy atom. The number of epoxide rings is 1. The van der Waals surface area contributed by atoms with Crippen molar-refractivity contribution in [2.24, 2.45) is 5.92 Å². The molecule has 1 fully saturated rings. The van der Waals surface area contributed by atoms with Gasteiger partial charge in [0.2, 0.25) is 5.91 Å². The molecule has 0 spiro atoms. The Morgan fingerprint density at radius 1 is 1.03 bits per heavy atom. The van der Waals surface area contributed by atoms with Gasteiger partial charge in [-0.15, -0.1) is 0 Å². The van der Waals surface area contributed by atoms with Crippen LogP contribution >= 0.6 is 0 Å². The molecule has 1 saturated heterocycles. The zero-order chi connectivity index (χ0) is 27.9. The Kier molecular flexibility index (Phi) is 9.90. The summed E-state index contributed by atoms with van der Waals surface area (Å²) in [5.74, 6) is -2.24. The number of methoxy groups -OCH3 is 2. The Bertz CT molecular complexity index is 1140. The van der Waals surface area contributed by atoms with E-state index in [-0.39, 0.29) is 44.1 Å². The van der Waals surface area contributed by atoms with Crippen LogP contribution < -0.4 is 10.6 Å². The van der Waals surface area contributed by atoms with Crippen molar-refractivity contribution < 1.29 is 37.9 Å². The van der Waals surface area contributed by atoms with Crippen LogP contribution in [0.15, 0.2) is 34.9 Å². The van der Waals surface area contributed by atoms with Gasteiger partial charge in [-0.3, -0.25) is 19.2 Å². The SMILES string of the molecule is COC[C@H](CC(=O)[C@H](COC)NC(=O)c1cc(C)on1)C(=O)N[C@@H](Cc1ccc(C)cc1)C(=O)[C@@]1(C)CO1. The summed E-state index contributed by atoms with van der Waals surface area (Å²) in [6.07, 6.45) is 0.0297. The molecule has 38 heavy (non-hydrogen) atoms. The highest BCUT2D eigenvalue weighted by Crippen LogP contribution is 2.29. The first-order valence-electron chi connectivity index (χ1n) is 12.3. The molecule has 2 aromatic rings. The minimum atomic E-state index is -1.03. The summed E-state index contributed by atoms with van der Waals surface area (Å²) in [7, 11) is 2.81. The molecule has 11 heteroatoms. The predicted octanol–water partition coefficient (Wildman–Crippen LogP) is 1.34. The van der Waals surface area contributed by atoms with E-state index in [2.05, 4.69) is 15.8 Å². The number of aryl methyl sites for hydroxylation is 2. The van der Waals surface area contributed by atoms with Gasteiger partial charge in [0.05, 0.1) is 31.8 Å². The second-order valence-corrected chi connectivity index (χ2v) is 9.76. The first kappa shape index (κ1) is 29.2. The number of hydrogen-bond donors (Lipinski definition) is 2. The predicted molar refractivity (Wildman–Crippen MR) is 136 cm³/mol. The average molecular weight is 530 g/mol. The van der Waals surface area contributed by atoms with Crippen LogP contribution in [0.3, 0.4) is 0 Å². The normalized spacial score (nSPS) is 18.8. The number of carbonyl (C=O) groups excluding carboxylic acids is 4. The lowest BCUT2D eigenvalue weighted by Crippen LogP contribution is -2.51. The number of hydrogen-bond acceptors (Lipinski definition) is 9. The summed E-state index contributed by atoms with van der Waals surface area (Å²) >= 11 is 0. The molecule has 1 aromatic heterocycles. The number of carbonyl (C=O) groups is 4. The standard InChI is InChI=1S/C27H35N3O8/c1-16-6-8-18(9-7-16)11-20(24(32)27(3)15-37-27)28-25(33)19(13-35-4)12-23(31)22(14-36-5)29-26(34)21-10-17(2)38-30-21/h6-10,19-20,22H,11-15H2,1-5H3,(H,28,33)(H,29,34)/t19-,20-,22-,27+/m0/s1. The van der Waals surface area contributed by atoms with E-state index in [0.29, 0.717) is 5.76 Å². The van der Waals surface area contributed by atoms with Crippen molar-refractivity contribution in [3.8, 4) is 0 Å². The molecule has 4 atom stereocenters. The molecule has 11 nitrogen and oxygen atoms in total. The van der Waals surface area contributed by atoms with E-state index in [9.17, 15) is 19.2 Å². The van der Waals surface area contributed by atoms with Crippen molar-refractivity contribution >= 4 is 23.4 Å². The Labute approximate surface area is 221 Å². The van der Waals surface area contributed by atoms with E-state index < -0.39 is 41.2 Å². The van der Waals surface area contributed by atoms with Crippen molar-refractivity contribution in [2.75, 3.05) is 34.0 Å². The first-order chi connectivity index (χ1) is 18.1. The monoisotopic (exact) mass is 529 g/mol. The van der Waals surface area contributed by atoms with E-state index in [0.717, 1.165) is 11.1 Å². The highest BCUT2D eigenvalue weighted by molar-refractivity contribution is 5.99. The maximum absolute atomic E-state index is 13.3. The molecule has 0 bridgehead atoms. The van der Waals surface area contributed by atoms with Gasteiger partial charge in [-0.1, -0.05) is 35.0 Å². The minimum Gasteiger partial charge on any atom is -0.384 e. The lowest BCUT2D eigenvalue weighted by Gasteiger charge is -2.24. The molecule has 2 heterocycles. The van der Waals surface area contributed by atoms with Crippen LogP contribution in [0.1, 0.15) is 40.7 Å². The third-order valence-corrected chi connectivity index (χ3v) is 6.37. The highest BCUT2D eigenvalue weighted by Gasteiger charge is 2.50. The summed E-state index contributed by atoms with van der Waals surface area (Å²) in [6, 6.07) is 7.25. The Morgan fingerprint density at radius 2 is 1.68 bits per heavy atom. The average Bonchev–Trinajstić information content (AvgIpc) is 3.49. The number of nitrogens with one attached hydrogen (secondary N) is 2. The molecule has 206 valence electrons. The van der Waals surface area contributed by atoms with Crippen LogP contribution in [0.2, 0.25) is 0 Å². The van der Waals surface area contributed by atoms with Crippen LogP contribution in [0.5, 0.6) is 0 Å². The lowest BCUT2D eigenvalue weighted by molar-refractivity contribution is -0.135. The molecule has 3 rings (SSSR count). The second-order valence-electron chi connectivity index (χ2n) is 9.76. The molecule has 1 aliphatic rings. The fraction of sp³-hybridized carbons (Fsp3) is 0.519. The molecular weight excluding hydrogens is 494 g/mol. The largest absolute Gasteiger partial charge is 0.384 e. The maximum Gasteiger partial charge on any atom is 0.274 e. The zero-order valence-electron chi connectivity index (χ0n) is 22.4. The lowest BCUT2D eigenvalue weighted by atomic mass is 9.93. The zero-order valence-corrected chi connectivity index (χ0v) is 22.4. The summed E-state index contributed by atoms with van der Waals surface area (Å²) in [4.78, 5) is 52.2. The van der Waals surface area contributed by atoms with Crippen LogP contribution in [-0.2, 0) is 35.0 Å². The molecule has 1 aliphatic heterocycles. The van der Waals surface area contributed by atoms with E-state index in [1.807, 2.05) is 31.2 Å². The Balaban J connectivity index is 1.71. The van der Waals surface area contributed by atoms with Gasteiger partial charge in [0.1, 0.15) is 17.4 Å². The summed E-state index contributed by atoms with van der Waals surface area (Å²) in [5, 5.41) is 9.05. The summed E-state index contributed by atoms with van der Waals surface area (Å²) < 4.78 is 20.6. The number of ether oxygens (including phenoxy) is 3. The van der Waals surface area contributed by atoms with Crippen LogP contribution in [0.4, 0.5) is 0 Å². The van der Waals surface area contributed by atoms with Crippen molar-refractivity contribution in [2.45, 2.75) is 51.3 Å². The van der Waals surface area contributed by atoms with E-state index in [1.165, 1.54) is 20.3 Å². The fourth-order valence-corrected chi connectivity index (χ4v) is 3.98. The van der Waals surface area contributed by atoms with Crippen LogP contribution in [-0.4, -0.2) is 80.3 Å². The third kappa shape index (κ3) is 7.80. The van der Waals surface area contributed by atoms with Gasteiger partial charge in [0.15, 0.2) is 17.3 Å². The number of nitrogens with zero attached hydrogens (tertiary/aromatic N) is 1. The maximum atomic E-state index is 13.3. The summed E-state index contributed by atoms with van der Waals surface area (Å²) in [6.45, 7) is 5.41. The van der Waals surface area contributed by atoms with Gasteiger partial charge in [0.25, 0.3) is 5.91 Å². The molecule has 0 unspecified atom stereocenters. The molecule has 2 amide bonds. The van der Waals surface area contributed by atoms with Crippen molar-refractivity contribution in [1.82, 2.24) is 15.8 Å². The third-order valence-electron chi connectivity index (χ3n) is 6.37. The van der Waals surface area contributed by atoms with Gasteiger partial charge in [-0.25, -0.2) is 0 Å². The molecule has 0 saturated carbocycles. The van der Waals surface area contributed by atoms with Gasteiger partial charge >= 0.3 is 0 Å². The van der Waals surface area contributed by atoms with Crippen LogP contribution in [0, 0.1) is 19.8 Å². The minimum absolute atomic E-state index is 0.0239. The van der Waals surface area contributed by atoms with Gasteiger partial charge < -0.3 is 29.4 Å². The first-order valence-corrected chi connectivity index (χ1v) is 12.3. The molecule has 0 radical (unpaired) electrons. The number of aromatic nitrogens is 1. The van der Waals surface area contributed by atoms with Crippen molar-refractivity contribution in [3.63, 3.8) is 0 Å². The second kappa shape index (κ2) is 12.9.